The van der Waals surface area contributed by atoms with Gasteiger partial charge >= 0.3 is 6.03 Å². The number of anilines is 3. The van der Waals surface area contributed by atoms with Gasteiger partial charge in [0.1, 0.15) is 6.10 Å². The van der Waals surface area contributed by atoms with Crippen molar-refractivity contribution in [1.82, 2.24) is 0 Å². The molecular formula is C17H20N4O5S. The molecule has 0 spiro atoms. The summed E-state index contributed by atoms with van der Waals surface area (Å²) in [5.41, 5.74) is 1.17. The fourth-order valence-corrected chi connectivity index (χ4v) is 2.63. The first-order valence-corrected chi connectivity index (χ1v) is 9.38. The quantitative estimate of drug-likeness (QED) is 0.595. The van der Waals surface area contributed by atoms with Gasteiger partial charge in [-0.15, -0.1) is 0 Å². The number of nitrogens with one attached hydrogen (secondary N) is 3. The molecule has 0 aliphatic carbocycles. The number of nitrogens with two attached hydrogens (primary N) is 1. The van der Waals surface area contributed by atoms with Crippen LogP contribution in [0.5, 0.6) is 0 Å². The Morgan fingerprint density at radius 2 is 1.48 bits per heavy atom. The number of hydrogen-bond acceptors (Lipinski definition) is 5. The predicted molar refractivity (Wildman–Crippen MR) is 102 cm³/mol. The second kappa shape index (κ2) is 8.62. The van der Waals surface area contributed by atoms with Crippen LogP contribution in [0.1, 0.15) is 6.92 Å². The number of urea groups is 1. The van der Waals surface area contributed by atoms with Crippen LogP contribution in [0.25, 0.3) is 0 Å². The summed E-state index contributed by atoms with van der Waals surface area (Å²) in [6.45, 7) is 1.61. The first-order valence-electron chi connectivity index (χ1n) is 7.83. The highest BCUT2D eigenvalue weighted by molar-refractivity contribution is 7.89. The van der Waals surface area contributed by atoms with E-state index in [0.29, 0.717) is 11.4 Å². The molecule has 9 nitrogen and oxygen atoms in total. The molecule has 0 heterocycles. The number of amides is 3. The molecule has 144 valence electrons. The van der Waals surface area contributed by atoms with Crippen molar-refractivity contribution in [3.63, 3.8) is 0 Å². The number of carbonyl (C=O) groups is 2. The van der Waals surface area contributed by atoms with E-state index in [1.165, 1.54) is 31.4 Å². The number of ether oxygens (including phenoxy) is 1. The Kier molecular flexibility index (Phi) is 6.50. The third kappa shape index (κ3) is 6.06. The summed E-state index contributed by atoms with van der Waals surface area (Å²) in [5, 5.41) is 12.8. The molecule has 0 saturated carbocycles. The van der Waals surface area contributed by atoms with Gasteiger partial charge in [-0.1, -0.05) is 12.1 Å². The Hall–Kier alpha value is -2.95. The summed E-state index contributed by atoms with van der Waals surface area (Å²) in [6.07, 6.45) is -0.615. The molecule has 3 amide bonds. The molecule has 5 N–H and O–H groups in total. The average molecular weight is 392 g/mol. The van der Waals surface area contributed by atoms with Gasteiger partial charge in [0.25, 0.3) is 5.91 Å². The van der Waals surface area contributed by atoms with Crippen molar-refractivity contribution in [1.29, 1.82) is 0 Å². The van der Waals surface area contributed by atoms with E-state index in [2.05, 4.69) is 16.0 Å². The van der Waals surface area contributed by atoms with Crippen molar-refractivity contribution in [3.8, 4) is 0 Å². The third-order valence-corrected chi connectivity index (χ3v) is 4.44. The molecule has 1 atom stereocenters. The number of benzene rings is 2. The molecule has 2 aromatic rings. The van der Waals surface area contributed by atoms with Gasteiger partial charge in [0.15, 0.2) is 0 Å². The minimum Gasteiger partial charge on any atom is -0.372 e. The number of rotatable bonds is 6. The van der Waals surface area contributed by atoms with E-state index in [-0.39, 0.29) is 16.5 Å². The van der Waals surface area contributed by atoms with Crippen LogP contribution in [-0.2, 0) is 19.6 Å². The predicted octanol–water partition coefficient (Wildman–Crippen LogP) is 1.95. The molecule has 0 saturated heterocycles. The normalized spacial score (nSPS) is 12.1. The van der Waals surface area contributed by atoms with Gasteiger partial charge in [-0.25, -0.2) is 18.4 Å². The van der Waals surface area contributed by atoms with E-state index < -0.39 is 22.2 Å². The number of sulfonamides is 1. The van der Waals surface area contributed by atoms with Crippen molar-refractivity contribution < 1.29 is 22.7 Å². The molecule has 0 radical (unpaired) electrons. The third-order valence-electron chi connectivity index (χ3n) is 3.53. The summed E-state index contributed by atoms with van der Waals surface area (Å²) in [5.74, 6) is -0.320. The van der Waals surface area contributed by atoms with Crippen molar-refractivity contribution >= 4 is 39.0 Å². The Labute approximate surface area is 157 Å². The van der Waals surface area contributed by atoms with Crippen LogP contribution < -0.4 is 21.1 Å². The first-order chi connectivity index (χ1) is 12.7. The van der Waals surface area contributed by atoms with Gasteiger partial charge in [-0.3, -0.25) is 4.79 Å². The number of hydrogen-bond donors (Lipinski definition) is 4. The van der Waals surface area contributed by atoms with Crippen LogP contribution in [0.4, 0.5) is 21.9 Å². The molecule has 2 aromatic carbocycles. The molecule has 10 heteroatoms. The summed E-state index contributed by atoms with van der Waals surface area (Å²) in [7, 11) is -2.44. The van der Waals surface area contributed by atoms with Crippen LogP contribution in [0.2, 0.25) is 0 Å². The molecule has 27 heavy (non-hydrogen) atoms. The lowest BCUT2D eigenvalue weighted by atomic mass is 10.2. The average Bonchev–Trinajstić information content (AvgIpc) is 2.60. The van der Waals surface area contributed by atoms with Gasteiger partial charge in [0.2, 0.25) is 10.0 Å². The monoisotopic (exact) mass is 392 g/mol. The summed E-state index contributed by atoms with van der Waals surface area (Å²) in [4.78, 5) is 23.8. The fourth-order valence-electron chi connectivity index (χ4n) is 2.07. The number of carbonyl (C=O) groups excluding carboxylic acids is 2. The van der Waals surface area contributed by atoms with Gasteiger partial charge in [-0.05, 0) is 43.3 Å². The second-order valence-corrected chi connectivity index (χ2v) is 7.16. The Morgan fingerprint density at radius 3 is 2.04 bits per heavy atom. The van der Waals surface area contributed by atoms with Crippen LogP contribution in [-0.4, -0.2) is 33.6 Å². The van der Waals surface area contributed by atoms with E-state index in [4.69, 9.17) is 9.88 Å². The van der Waals surface area contributed by atoms with Crippen molar-refractivity contribution in [2.45, 2.75) is 17.9 Å². The largest absolute Gasteiger partial charge is 0.372 e. The van der Waals surface area contributed by atoms with Crippen LogP contribution in [0.15, 0.2) is 53.4 Å². The van der Waals surface area contributed by atoms with E-state index in [1.54, 1.807) is 31.2 Å². The highest BCUT2D eigenvalue weighted by atomic mass is 32.2. The SMILES string of the molecule is COC(C)C(=O)Nc1cccc(NC(=O)Nc2cccc(S(N)(=O)=O)c2)c1. The van der Waals surface area contributed by atoms with Gasteiger partial charge in [0, 0.05) is 24.2 Å². The minimum absolute atomic E-state index is 0.114. The number of primary sulfonamides is 1. The van der Waals surface area contributed by atoms with Gasteiger partial charge in [-0.2, -0.15) is 0 Å². The van der Waals surface area contributed by atoms with Gasteiger partial charge < -0.3 is 20.7 Å². The number of methoxy groups -OCH3 is 1. The second-order valence-electron chi connectivity index (χ2n) is 5.60. The smallest absolute Gasteiger partial charge is 0.323 e. The lowest BCUT2D eigenvalue weighted by Crippen LogP contribution is -2.26. The highest BCUT2D eigenvalue weighted by Crippen LogP contribution is 2.17. The van der Waals surface area contributed by atoms with Crippen LogP contribution in [0, 0.1) is 0 Å². The van der Waals surface area contributed by atoms with Crippen molar-refractivity contribution in [2.24, 2.45) is 5.14 Å². The molecule has 0 bridgehead atoms. The zero-order valence-corrected chi connectivity index (χ0v) is 15.5. The molecule has 0 aliphatic heterocycles. The van der Waals surface area contributed by atoms with E-state index in [1.807, 2.05) is 0 Å². The topological polar surface area (TPSA) is 140 Å². The first kappa shape index (κ1) is 20.4. The maximum Gasteiger partial charge on any atom is 0.323 e. The molecule has 0 fully saturated rings. The van der Waals surface area contributed by atoms with E-state index in [9.17, 15) is 18.0 Å². The molecule has 2 rings (SSSR count). The zero-order valence-electron chi connectivity index (χ0n) is 14.7. The minimum atomic E-state index is -3.87. The maximum atomic E-state index is 12.1. The Bertz CT molecular complexity index is 946. The van der Waals surface area contributed by atoms with E-state index in [0.717, 1.165) is 0 Å². The van der Waals surface area contributed by atoms with Crippen molar-refractivity contribution in [3.05, 3.63) is 48.5 Å². The highest BCUT2D eigenvalue weighted by Gasteiger charge is 2.12. The standard InChI is InChI=1S/C17H20N4O5S/c1-11(26-2)16(22)19-12-5-3-6-13(9-12)20-17(23)21-14-7-4-8-15(10-14)27(18,24)25/h3-11H,1-2H3,(H,19,22)(H2,18,24,25)(H2,20,21,23). The molecule has 1 unspecified atom stereocenters. The maximum absolute atomic E-state index is 12.1. The van der Waals surface area contributed by atoms with E-state index >= 15 is 0 Å². The van der Waals surface area contributed by atoms with Crippen molar-refractivity contribution in [2.75, 3.05) is 23.1 Å². The summed E-state index contributed by atoms with van der Waals surface area (Å²) in [6, 6.07) is 11.5. The van der Waals surface area contributed by atoms with Gasteiger partial charge in [0.05, 0.1) is 4.90 Å². The Balaban J connectivity index is 2.04. The lowest BCUT2D eigenvalue weighted by Gasteiger charge is -2.12. The zero-order chi connectivity index (χ0) is 20.0. The molecule has 0 aromatic heterocycles. The summed E-state index contributed by atoms with van der Waals surface area (Å²) >= 11 is 0. The van der Waals surface area contributed by atoms with Crippen LogP contribution in [0.3, 0.4) is 0 Å². The fraction of sp³-hybridized carbons (Fsp3) is 0.176. The Morgan fingerprint density at radius 1 is 0.963 bits per heavy atom. The van der Waals surface area contributed by atoms with Crippen LogP contribution >= 0.6 is 0 Å². The lowest BCUT2D eigenvalue weighted by molar-refractivity contribution is -0.124. The summed E-state index contributed by atoms with van der Waals surface area (Å²) < 4.78 is 27.7. The molecule has 0 aliphatic rings. The molecular weight excluding hydrogens is 372 g/mol.